The quantitative estimate of drug-likeness (QED) is 0.586. The summed E-state index contributed by atoms with van der Waals surface area (Å²) in [6.45, 7) is 4.39. The van der Waals surface area contributed by atoms with Crippen molar-refractivity contribution in [1.82, 2.24) is 0 Å². The first-order valence-corrected chi connectivity index (χ1v) is 6.97. The zero-order valence-corrected chi connectivity index (χ0v) is 10.7. The lowest BCUT2D eigenvalue weighted by Gasteiger charge is -2.61. The standard InChI is InChI=1S/C16H24/c1-3-5-15-8-13-7-14(9-15)11-16(10-13,12-15)6-4-2/h3-6,13-14H,7-12H2,1-2H3/b5-3+,6-4+. The highest BCUT2D eigenvalue weighted by atomic mass is 14.6. The number of allylic oxidation sites excluding steroid dienone is 4. The van der Waals surface area contributed by atoms with Crippen molar-refractivity contribution in [3.63, 3.8) is 0 Å². The fraction of sp³-hybridized carbons (Fsp3) is 0.750. The van der Waals surface area contributed by atoms with Crippen molar-refractivity contribution in [3.05, 3.63) is 24.3 Å². The van der Waals surface area contributed by atoms with E-state index in [9.17, 15) is 0 Å². The highest BCUT2D eigenvalue weighted by molar-refractivity contribution is 5.18. The SMILES string of the molecule is C/C=C/C12CC3CC(C1)CC(/C=C/C)(C3)C2. The van der Waals surface area contributed by atoms with Gasteiger partial charge in [-0.25, -0.2) is 0 Å². The van der Waals surface area contributed by atoms with E-state index in [-0.39, 0.29) is 0 Å². The molecule has 0 atom stereocenters. The Labute approximate surface area is 99.8 Å². The van der Waals surface area contributed by atoms with Crippen LogP contribution in [-0.2, 0) is 0 Å². The average Bonchev–Trinajstić information content (AvgIpc) is 2.14. The molecular weight excluding hydrogens is 192 g/mol. The fourth-order valence-corrected chi connectivity index (χ4v) is 5.50. The predicted octanol–water partition coefficient (Wildman–Crippen LogP) is 4.73. The third-order valence-electron chi connectivity index (χ3n) is 5.19. The van der Waals surface area contributed by atoms with Gasteiger partial charge in [0.1, 0.15) is 0 Å². The van der Waals surface area contributed by atoms with Crippen LogP contribution in [0.4, 0.5) is 0 Å². The summed E-state index contributed by atoms with van der Waals surface area (Å²) in [6.07, 6.45) is 18.6. The molecule has 0 heteroatoms. The van der Waals surface area contributed by atoms with Crippen LogP contribution in [0.3, 0.4) is 0 Å². The zero-order valence-electron chi connectivity index (χ0n) is 10.7. The summed E-state index contributed by atoms with van der Waals surface area (Å²) >= 11 is 0. The maximum absolute atomic E-state index is 2.54. The first-order valence-electron chi connectivity index (χ1n) is 6.97. The topological polar surface area (TPSA) is 0 Å². The Morgan fingerprint density at radius 2 is 1.25 bits per heavy atom. The third kappa shape index (κ3) is 1.49. The molecular formula is C16H24. The minimum absolute atomic E-state index is 0.582. The monoisotopic (exact) mass is 216 g/mol. The molecule has 0 nitrogen and oxygen atoms in total. The van der Waals surface area contributed by atoms with E-state index in [0.717, 1.165) is 11.8 Å². The molecule has 88 valence electrons. The van der Waals surface area contributed by atoms with E-state index in [4.69, 9.17) is 0 Å². The maximum Gasteiger partial charge on any atom is -0.0105 e. The fourth-order valence-electron chi connectivity index (χ4n) is 5.50. The van der Waals surface area contributed by atoms with Crippen LogP contribution < -0.4 is 0 Å². The van der Waals surface area contributed by atoms with Crippen LogP contribution in [0.15, 0.2) is 24.3 Å². The van der Waals surface area contributed by atoms with Gasteiger partial charge in [0.15, 0.2) is 0 Å². The van der Waals surface area contributed by atoms with Gasteiger partial charge in [0.2, 0.25) is 0 Å². The highest BCUT2D eigenvalue weighted by Crippen LogP contribution is 2.66. The van der Waals surface area contributed by atoms with Gasteiger partial charge in [-0.15, -0.1) is 0 Å². The molecule has 4 aliphatic carbocycles. The Balaban J connectivity index is 1.96. The van der Waals surface area contributed by atoms with Gasteiger partial charge in [-0.1, -0.05) is 24.3 Å². The molecule has 4 bridgehead atoms. The summed E-state index contributed by atoms with van der Waals surface area (Å²) in [5.74, 6) is 2.04. The lowest BCUT2D eigenvalue weighted by molar-refractivity contribution is -0.0623. The van der Waals surface area contributed by atoms with Crippen LogP contribution in [-0.4, -0.2) is 0 Å². The maximum atomic E-state index is 2.54. The van der Waals surface area contributed by atoms with Gasteiger partial charge in [0.25, 0.3) is 0 Å². The van der Waals surface area contributed by atoms with E-state index in [1.807, 2.05) is 0 Å². The zero-order chi connectivity index (χ0) is 11.2. The molecule has 0 amide bonds. The summed E-state index contributed by atoms with van der Waals surface area (Å²) < 4.78 is 0. The molecule has 0 aliphatic heterocycles. The van der Waals surface area contributed by atoms with Crippen molar-refractivity contribution in [2.75, 3.05) is 0 Å². The Hall–Kier alpha value is -0.520. The van der Waals surface area contributed by atoms with Gasteiger partial charge in [-0.3, -0.25) is 0 Å². The van der Waals surface area contributed by atoms with E-state index in [0.29, 0.717) is 10.8 Å². The summed E-state index contributed by atoms with van der Waals surface area (Å²) in [4.78, 5) is 0. The lowest BCUT2D eigenvalue weighted by atomic mass is 9.44. The van der Waals surface area contributed by atoms with Crippen molar-refractivity contribution >= 4 is 0 Å². The van der Waals surface area contributed by atoms with Crippen molar-refractivity contribution in [3.8, 4) is 0 Å². The average molecular weight is 216 g/mol. The third-order valence-corrected chi connectivity index (χ3v) is 5.19. The first kappa shape index (κ1) is 10.6. The Morgan fingerprint density at radius 1 is 0.812 bits per heavy atom. The summed E-state index contributed by atoms with van der Waals surface area (Å²) in [7, 11) is 0. The van der Waals surface area contributed by atoms with Gasteiger partial charge < -0.3 is 0 Å². The molecule has 4 saturated carbocycles. The Kier molecular flexibility index (Phi) is 2.31. The van der Waals surface area contributed by atoms with Crippen LogP contribution >= 0.6 is 0 Å². The van der Waals surface area contributed by atoms with Crippen LogP contribution in [0.2, 0.25) is 0 Å². The second kappa shape index (κ2) is 3.48. The lowest BCUT2D eigenvalue weighted by Crippen LogP contribution is -2.50. The van der Waals surface area contributed by atoms with Gasteiger partial charge >= 0.3 is 0 Å². The highest BCUT2D eigenvalue weighted by Gasteiger charge is 2.55. The molecule has 0 radical (unpaired) electrons. The molecule has 0 saturated heterocycles. The van der Waals surface area contributed by atoms with Gasteiger partial charge in [-0.2, -0.15) is 0 Å². The molecule has 0 spiro atoms. The minimum atomic E-state index is 0.582. The number of hydrogen-bond acceptors (Lipinski definition) is 0. The summed E-state index contributed by atoms with van der Waals surface area (Å²) in [5.41, 5.74) is 1.16. The van der Waals surface area contributed by atoms with E-state index >= 15 is 0 Å². The van der Waals surface area contributed by atoms with E-state index < -0.39 is 0 Å². The molecule has 4 rings (SSSR count). The van der Waals surface area contributed by atoms with E-state index in [1.54, 1.807) is 0 Å². The molecule has 0 N–H and O–H groups in total. The van der Waals surface area contributed by atoms with Gasteiger partial charge in [-0.05, 0) is 75.0 Å². The summed E-state index contributed by atoms with van der Waals surface area (Å²) in [5, 5.41) is 0. The summed E-state index contributed by atoms with van der Waals surface area (Å²) in [6, 6.07) is 0. The molecule has 4 aliphatic rings. The van der Waals surface area contributed by atoms with Crippen molar-refractivity contribution in [2.24, 2.45) is 22.7 Å². The Bertz CT molecular complexity index is 290. The van der Waals surface area contributed by atoms with E-state index in [2.05, 4.69) is 38.2 Å². The predicted molar refractivity (Wildman–Crippen MR) is 69.2 cm³/mol. The normalized spacial score (nSPS) is 50.9. The molecule has 0 heterocycles. The van der Waals surface area contributed by atoms with Crippen LogP contribution in [0.25, 0.3) is 0 Å². The first-order chi connectivity index (χ1) is 7.69. The van der Waals surface area contributed by atoms with Gasteiger partial charge in [0, 0.05) is 0 Å². The molecule has 0 unspecified atom stereocenters. The largest absolute Gasteiger partial charge is 0.0911 e. The number of hydrogen-bond donors (Lipinski definition) is 0. The molecule has 0 aromatic carbocycles. The van der Waals surface area contributed by atoms with Crippen molar-refractivity contribution in [1.29, 1.82) is 0 Å². The number of rotatable bonds is 2. The van der Waals surface area contributed by atoms with Crippen LogP contribution in [0.1, 0.15) is 52.4 Å². The van der Waals surface area contributed by atoms with Crippen LogP contribution in [0.5, 0.6) is 0 Å². The van der Waals surface area contributed by atoms with Crippen LogP contribution in [0, 0.1) is 22.7 Å². The smallest absolute Gasteiger partial charge is 0.0105 e. The Morgan fingerprint density at radius 3 is 1.62 bits per heavy atom. The second-order valence-corrected chi connectivity index (χ2v) is 6.69. The van der Waals surface area contributed by atoms with E-state index in [1.165, 1.54) is 38.5 Å². The molecule has 4 fully saturated rings. The van der Waals surface area contributed by atoms with Crippen molar-refractivity contribution in [2.45, 2.75) is 52.4 Å². The molecule has 0 aromatic rings. The molecule has 0 aromatic heterocycles. The second-order valence-electron chi connectivity index (χ2n) is 6.69. The minimum Gasteiger partial charge on any atom is -0.0911 e. The molecule has 16 heavy (non-hydrogen) atoms. The van der Waals surface area contributed by atoms with Crippen molar-refractivity contribution < 1.29 is 0 Å². The van der Waals surface area contributed by atoms with Gasteiger partial charge in [0.05, 0.1) is 0 Å².